The topological polar surface area (TPSA) is 125 Å². The molecule has 0 bridgehead atoms. The maximum absolute atomic E-state index is 12.5. The van der Waals surface area contributed by atoms with E-state index in [2.05, 4.69) is 5.32 Å². The largest absolute Gasteiger partial charge is 0.486 e. The van der Waals surface area contributed by atoms with E-state index in [1.54, 1.807) is 0 Å². The Morgan fingerprint density at radius 3 is 2.23 bits per heavy atom. The quantitative estimate of drug-likeness (QED) is 0.637. The zero-order valence-corrected chi connectivity index (χ0v) is 14.4. The molecule has 9 nitrogen and oxygen atoms in total. The van der Waals surface area contributed by atoms with Crippen molar-refractivity contribution in [1.29, 1.82) is 0 Å². The maximum Gasteiger partial charge on any atom is 0.286 e. The second-order valence-electron chi connectivity index (χ2n) is 5.52. The van der Waals surface area contributed by atoms with Gasteiger partial charge in [0, 0.05) is 18.0 Å². The zero-order valence-electron chi connectivity index (χ0n) is 13.6. The van der Waals surface area contributed by atoms with E-state index >= 15 is 0 Å². The van der Waals surface area contributed by atoms with Crippen molar-refractivity contribution in [2.45, 2.75) is 4.90 Å². The standard InChI is InChI=1S/C16H14N2O7S/c1-26(22,23)11-4-2-10(3-5-11)17-16(19)12-8-14-15(25-7-6-24-14)9-13(12)18(20)21/h2-5,8-9H,6-7H2,1H3,(H,17,19). The second kappa shape index (κ2) is 6.64. The smallest absolute Gasteiger partial charge is 0.286 e. The molecular weight excluding hydrogens is 364 g/mol. The summed E-state index contributed by atoms with van der Waals surface area (Å²) in [6.07, 6.45) is 1.07. The predicted octanol–water partition coefficient (Wildman–Crippen LogP) is 2.02. The van der Waals surface area contributed by atoms with Crippen LogP contribution in [0, 0.1) is 10.1 Å². The van der Waals surface area contributed by atoms with Gasteiger partial charge in [0.05, 0.1) is 15.9 Å². The summed E-state index contributed by atoms with van der Waals surface area (Å²) in [5.41, 5.74) is -0.308. The van der Waals surface area contributed by atoms with Crippen molar-refractivity contribution in [1.82, 2.24) is 0 Å². The zero-order chi connectivity index (χ0) is 18.9. The SMILES string of the molecule is CS(=O)(=O)c1ccc(NC(=O)c2cc3c(cc2[N+](=O)[O-])OCCO3)cc1. The molecule has 2 aromatic carbocycles. The van der Waals surface area contributed by atoms with Gasteiger partial charge in [-0.15, -0.1) is 0 Å². The lowest BCUT2D eigenvalue weighted by Gasteiger charge is -2.18. The van der Waals surface area contributed by atoms with Gasteiger partial charge in [0.15, 0.2) is 21.3 Å². The summed E-state index contributed by atoms with van der Waals surface area (Å²) in [5.74, 6) is -0.266. The number of nitrogens with zero attached hydrogens (tertiary/aromatic N) is 1. The Labute approximate surface area is 148 Å². The summed E-state index contributed by atoms with van der Waals surface area (Å²) < 4.78 is 33.6. The molecular formula is C16H14N2O7S. The van der Waals surface area contributed by atoms with Gasteiger partial charge in [-0.2, -0.15) is 0 Å². The first-order valence-electron chi connectivity index (χ1n) is 7.45. The minimum atomic E-state index is -3.36. The molecule has 2 aromatic rings. The highest BCUT2D eigenvalue weighted by Crippen LogP contribution is 2.36. The van der Waals surface area contributed by atoms with Crippen LogP contribution >= 0.6 is 0 Å². The number of ether oxygens (including phenoxy) is 2. The fourth-order valence-electron chi connectivity index (χ4n) is 2.39. The Kier molecular flexibility index (Phi) is 4.51. The monoisotopic (exact) mass is 378 g/mol. The minimum Gasteiger partial charge on any atom is -0.486 e. The summed E-state index contributed by atoms with van der Waals surface area (Å²) in [5, 5.41) is 13.8. The van der Waals surface area contributed by atoms with Gasteiger partial charge in [0.25, 0.3) is 11.6 Å². The molecule has 0 saturated carbocycles. The third-order valence-electron chi connectivity index (χ3n) is 3.64. The highest BCUT2D eigenvalue weighted by molar-refractivity contribution is 7.90. The lowest BCUT2D eigenvalue weighted by molar-refractivity contribution is -0.385. The van der Waals surface area contributed by atoms with E-state index in [1.807, 2.05) is 0 Å². The van der Waals surface area contributed by atoms with Crippen LogP contribution in [-0.4, -0.2) is 38.7 Å². The molecule has 1 aliphatic heterocycles. The van der Waals surface area contributed by atoms with E-state index in [1.165, 1.54) is 30.3 Å². The van der Waals surface area contributed by atoms with Crippen molar-refractivity contribution in [3.63, 3.8) is 0 Å². The van der Waals surface area contributed by atoms with Crippen molar-refractivity contribution in [2.75, 3.05) is 24.8 Å². The summed E-state index contributed by atoms with van der Waals surface area (Å²) in [6.45, 7) is 0.543. The van der Waals surface area contributed by atoms with Crippen molar-refractivity contribution < 1.29 is 27.6 Å². The molecule has 0 saturated heterocycles. The molecule has 0 unspecified atom stereocenters. The number of sulfone groups is 1. The summed E-state index contributed by atoms with van der Waals surface area (Å²) >= 11 is 0. The van der Waals surface area contributed by atoms with Crippen LogP contribution in [0.3, 0.4) is 0 Å². The van der Waals surface area contributed by atoms with Crippen LogP contribution in [0.15, 0.2) is 41.3 Å². The molecule has 3 rings (SSSR count). The van der Waals surface area contributed by atoms with E-state index in [0.717, 1.165) is 12.3 Å². The van der Waals surface area contributed by atoms with Gasteiger partial charge in [0.1, 0.15) is 18.8 Å². The van der Waals surface area contributed by atoms with E-state index in [0.29, 0.717) is 5.69 Å². The first-order chi connectivity index (χ1) is 12.3. The number of anilines is 1. The van der Waals surface area contributed by atoms with Gasteiger partial charge >= 0.3 is 0 Å². The number of nitrogens with one attached hydrogen (secondary N) is 1. The Morgan fingerprint density at radius 1 is 1.12 bits per heavy atom. The van der Waals surface area contributed by atoms with Crippen LogP contribution in [0.1, 0.15) is 10.4 Å². The van der Waals surface area contributed by atoms with Crippen molar-refractivity contribution in [3.05, 3.63) is 52.1 Å². The van der Waals surface area contributed by atoms with E-state index < -0.39 is 26.4 Å². The number of nitro groups is 1. The number of rotatable bonds is 4. The van der Waals surface area contributed by atoms with E-state index in [-0.39, 0.29) is 35.2 Å². The molecule has 0 spiro atoms. The molecule has 1 aliphatic rings. The van der Waals surface area contributed by atoms with Crippen LogP contribution in [0.25, 0.3) is 0 Å². The molecule has 10 heteroatoms. The molecule has 1 N–H and O–H groups in total. The number of hydrogen-bond donors (Lipinski definition) is 1. The predicted molar refractivity (Wildman–Crippen MR) is 91.6 cm³/mol. The Morgan fingerprint density at radius 2 is 1.69 bits per heavy atom. The highest BCUT2D eigenvalue weighted by atomic mass is 32.2. The molecule has 1 amide bonds. The molecule has 136 valence electrons. The lowest BCUT2D eigenvalue weighted by atomic mass is 10.1. The second-order valence-corrected chi connectivity index (χ2v) is 7.54. The number of carbonyl (C=O) groups is 1. The molecule has 0 aliphatic carbocycles. The number of fused-ring (bicyclic) bond motifs is 1. The third-order valence-corrected chi connectivity index (χ3v) is 4.77. The number of amides is 1. The molecule has 0 atom stereocenters. The summed E-state index contributed by atoms with van der Waals surface area (Å²) in [7, 11) is -3.36. The van der Waals surface area contributed by atoms with Gasteiger partial charge in [-0.3, -0.25) is 14.9 Å². The molecule has 1 heterocycles. The number of hydrogen-bond acceptors (Lipinski definition) is 7. The van der Waals surface area contributed by atoms with Crippen LogP contribution in [-0.2, 0) is 9.84 Å². The van der Waals surface area contributed by atoms with E-state index in [4.69, 9.17) is 9.47 Å². The molecule has 0 radical (unpaired) electrons. The maximum atomic E-state index is 12.5. The minimum absolute atomic E-state index is 0.0980. The number of benzene rings is 2. The first-order valence-corrected chi connectivity index (χ1v) is 9.34. The Balaban J connectivity index is 1.91. The molecule has 26 heavy (non-hydrogen) atoms. The first kappa shape index (κ1) is 17.7. The fourth-order valence-corrected chi connectivity index (χ4v) is 3.03. The molecule has 0 aromatic heterocycles. The normalized spacial score (nSPS) is 13.1. The fraction of sp³-hybridized carbons (Fsp3) is 0.188. The van der Waals surface area contributed by atoms with Crippen LogP contribution in [0.4, 0.5) is 11.4 Å². The van der Waals surface area contributed by atoms with Gasteiger partial charge < -0.3 is 14.8 Å². The molecule has 0 fully saturated rings. The average molecular weight is 378 g/mol. The lowest BCUT2D eigenvalue weighted by Crippen LogP contribution is -2.18. The van der Waals surface area contributed by atoms with Crippen LogP contribution in [0.5, 0.6) is 11.5 Å². The van der Waals surface area contributed by atoms with Gasteiger partial charge in [-0.1, -0.05) is 0 Å². The van der Waals surface area contributed by atoms with E-state index in [9.17, 15) is 23.3 Å². The number of carbonyl (C=O) groups excluding carboxylic acids is 1. The number of nitro benzene ring substituents is 1. The highest BCUT2D eigenvalue weighted by Gasteiger charge is 2.26. The van der Waals surface area contributed by atoms with Gasteiger partial charge in [0.2, 0.25) is 0 Å². The van der Waals surface area contributed by atoms with Gasteiger partial charge in [-0.25, -0.2) is 8.42 Å². The van der Waals surface area contributed by atoms with Crippen LogP contribution in [0.2, 0.25) is 0 Å². The summed E-state index contributed by atoms with van der Waals surface area (Å²) in [6, 6.07) is 7.88. The van der Waals surface area contributed by atoms with Crippen molar-refractivity contribution in [3.8, 4) is 11.5 Å². The van der Waals surface area contributed by atoms with Crippen molar-refractivity contribution >= 4 is 27.1 Å². The average Bonchev–Trinajstić information content (AvgIpc) is 2.60. The Bertz CT molecular complexity index is 984. The van der Waals surface area contributed by atoms with Crippen molar-refractivity contribution in [2.24, 2.45) is 0 Å². The van der Waals surface area contributed by atoms with Gasteiger partial charge in [-0.05, 0) is 24.3 Å². The summed E-state index contributed by atoms with van der Waals surface area (Å²) in [4.78, 5) is 23.2. The third kappa shape index (κ3) is 3.59. The Hall–Kier alpha value is -3.14. The van der Waals surface area contributed by atoms with Crippen LogP contribution < -0.4 is 14.8 Å².